The molecule has 0 saturated carbocycles. The average molecular weight is 316 g/mol. The average Bonchev–Trinajstić information content (AvgIpc) is 2.94. The Bertz CT molecular complexity index is 443. The summed E-state index contributed by atoms with van der Waals surface area (Å²) in [6.07, 6.45) is 1.57. The zero-order valence-electron chi connectivity index (χ0n) is 12.1. The molecule has 2 rings (SSSR count). The van der Waals surface area contributed by atoms with Crippen LogP contribution >= 0.6 is 22.9 Å². The molecule has 0 N–H and O–H groups in total. The molecule has 1 unspecified atom stereocenters. The van der Waals surface area contributed by atoms with E-state index in [9.17, 15) is 4.79 Å². The molecule has 0 aliphatic carbocycles. The maximum Gasteiger partial charge on any atom is 0.229 e. The number of alkyl halides is 1. The first-order chi connectivity index (χ1) is 9.63. The highest BCUT2D eigenvalue weighted by Gasteiger charge is 2.23. The van der Waals surface area contributed by atoms with Crippen LogP contribution in [-0.4, -0.2) is 52.9 Å². The number of piperazine rings is 1. The van der Waals surface area contributed by atoms with E-state index in [0.29, 0.717) is 18.3 Å². The van der Waals surface area contributed by atoms with Crippen LogP contribution in [0.4, 0.5) is 0 Å². The predicted octanol–water partition coefficient (Wildman–Crippen LogP) is 2.37. The monoisotopic (exact) mass is 315 g/mol. The fraction of sp³-hybridized carbons (Fsp3) is 0.714. The largest absolute Gasteiger partial charge is 0.340 e. The molecule has 1 aromatic heterocycles. The molecule has 2 heterocycles. The van der Waals surface area contributed by atoms with Gasteiger partial charge in [-0.3, -0.25) is 9.69 Å². The van der Waals surface area contributed by atoms with Gasteiger partial charge in [-0.25, -0.2) is 4.98 Å². The molecule has 1 aliphatic rings. The van der Waals surface area contributed by atoms with Gasteiger partial charge in [0.05, 0.1) is 18.0 Å². The summed E-state index contributed by atoms with van der Waals surface area (Å²) in [5.41, 5.74) is 0.862. The quantitative estimate of drug-likeness (QED) is 0.783. The van der Waals surface area contributed by atoms with Crippen LogP contribution in [0.15, 0.2) is 5.38 Å². The summed E-state index contributed by atoms with van der Waals surface area (Å²) in [5.74, 6) is 0.599. The third kappa shape index (κ3) is 3.93. The van der Waals surface area contributed by atoms with Crippen molar-refractivity contribution >= 4 is 28.8 Å². The molecule has 6 heteroatoms. The van der Waals surface area contributed by atoms with E-state index in [2.05, 4.69) is 23.7 Å². The normalized spacial score (nSPS) is 18.2. The third-order valence-corrected chi connectivity index (χ3v) is 5.09. The van der Waals surface area contributed by atoms with Crippen molar-refractivity contribution in [2.24, 2.45) is 0 Å². The standard InChI is InChI=1S/C14H22ClN3OS/c1-3-11(2)17-4-6-18(7-5-17)14(19)8-13-16-12(9-15)10-20-13/h10-11H,3-9H2,1-2H3. The molecule has 1 aliphatic heterocycles. The van der Waals surface area contributed by atoms with Gasteiger partial charge in [-0.05, 0) is 13.3 Å². The van der Waals surface area contributed by atoms with Crippen LogP contribution in [-0.2, 0) is 17.1 Å². The van der Waals surface area contributed by atoms with Gasteiger partial charge < -0.3 is 4.90 Å². The van der Waals surface area contributed by atoms with E-state index >= 15 is 0 Å². The Morgan fingerprint density at radius 1 is 1.45 bits per heavy atom. The summed E-state index contributed by atoms with van der Waals surface area (Å²) in [6, 6.07) is 0.609. The number of aromatic nitrogens is 1. The number of carbonyl (C=O) groups is 1. The topological polar surface area (TPSA) is 36.4 Å². The van der Waals surface area contributed by atoms with Crippen LogP contribution in [0, 0.1) is 0 Å². The predicted molar refractivity (Wildman–Crippen MR) is 83.3 cm³/mol. The first-order valence-electron chi connectivity index (χ1n) is 7.15. The number of carbonyl (C=O) groups excluding carboxylic acids is 1. The van der Waals surface area contributed by atoms with Crippen LogP contribution in [0.5, 0.6) is 0 Å². The van der Waals surface area contributed by atoms with Crippen molar-refractivity contribution in [1.82, 2.24) is 14.8 Å². The maximum atomic E-state index is 12.3. The molecule has 0 spiro atoms. The number of hydrogen-bond donors (Lipinski definition) is 0. The molecule has 20 heavy (non-hydrogen) atoms. The summed E-state index contributed by atoms with van der Waals surface area (Å²) >= 11 is 7.25. The van der Waals surface area contributed by atoms with Gasteiger partial charge >= 0.3 is 0 Å². The van der Waals surface area contributed by atoms with Gasteiger partial charge in [-0.2, -0.15) is 0 Å². The van der Waals surface area contributed by atoms with Crippen molar-refractivity contribution in [3.05, 3.63) is 16.1 Å². The van der Waals surface area contributed by atoms with Gasteiger partial charge in [0, 0.05) is 37.6 Å². The summed E-state index contributed by atoms with van der Waals surface area (Å²) < 4.78 is 0. The van der Waals surface area contributed by atoms with E-state index < -0.39 is 0 Å². The number of halogens is 1. The zero-order valence-corrected chi connectivity index (χ0v) is 13.7. The fourth-order valence-electron chi connectivity index (χ4n) is 2.40. The van der Waals surface area contributed by atoms with Crippen LogP contribution in [0.25, 0.3) is 0 Å². The highest BCUT2D eigenvalue weighted by molar-refractivity contribution is 7.09. The second-order valence-electron chi connectivity index (χ2n) is 5.22. The molecule has 0 aromatic carbocycles. The van der Waals surface area contributed by atoms with Gasteiger partial charge in [0.15, 0.2) is 0 Å². The van der Waals surface area contributed by atoms with Crippen molar-refractivity contribution in [3.8, 4) is 0 Å². The van der Waals surface area contributed by atoms with E-state index in [-0.39, 0.29) is 5.91 Å². The van der Waals surface area contributed by atoms with Crippen molar-refractivity contribution < 1.29 is 4.79 Å². The molecule has 1 amide bonds. The molecular formula is C14H22ClN3OS. The lowest BCUT2D eigenvalue weighted by molar-refractivity contribution is -0.132. The zero-order chi connectivity index (χ0) is 14.5. The molecule has 1 atom stereocenters. The Kier molecular flexibility index (Phi) is 5.81. The summed E-state index contributed by atoms with van der Waals surface area (Å²) in [7, 11) is 0. The lowest BCUT2D eigenvalue weighted by atomic mass is 10.2. The second kappa shape index (κ2) is 7.38. The van der Waals surface area contributed by atoms with Gasteiger partial charge in [0.1, 0.15) is 5.01 Å². The van der Waals surface area contributed by atoms with Crippen molar-refractivity contribution in [3.63, 3.8) is 0 Å². The minimum atomic E-state index is 0.185. The molecule has 112 valence electrons. The number of rotatable bonds is 5. The molecule has 4 nitrogen and oxygen atoms in total. The molecule has 0 radical (unpaired) electrons. The Hall–Kier alpha value is -0.650. The smallest absolute Gasteiger partial charge is 0.229 e. The van der Waals surface area contributed by atoms with Gasteiger partial charge in [0.2, 0.25) is 5.91 Å². The number of nitrogens with zero attached hydrogens (tertiary/aromatic N) is 3. The first-order valence-corrected chi connectivity index (χ1v) is 8.56. The van der Waals surface area contributed by atoms with Crippen LogP contribution in [0.1, 0.15) is 31.0 Å². The Balaban J connectivity index is 1.82. The molecule has 0 bridgehead atoms. The van der Waals surface area contributed by atoms with Crippen LogP contribution in [0.3, 0.4) is 0 Å². The van der Waals surface area contributed by atoms with E-state index in [4.69, 9.17) is 11.6 Å². The minimum absolute atomic E-state index is 0.185. The van der Waals surface area contributed by atoms with Crippen LogP contribution in [0.2, 0.25) is 0 Å². The minimum Gasteiger partial charge on any atom is -0.340 e. The maximum absolute atomic E-state index is 12.3. The van der Waals surface area contributed by atoms with E-state index in [1.807, 2.05) is 10.3 Å². The number of thiazole rings is 1. The lowest BCUT2D eigenvalue weighted by Crippen LogP contribution is -2.51. The van der Waals surface area contributed by atoms with Crippen molar-refractivity contribution in [2.75, 3.05) is 26.2 Å². The SMILES string of the molecule is CCC(C)N1CCN(C(=O)Cc2nc(CCl)cs2)CC1. The third-order valence-electron chi connectivity index (χ3n) is 3.92. The van der Waals surface area contributed by atoms with Crippen LogP contribution < -0.4 is 0 Å². The van der Waals surface area contributed by atoms with Crippen molar-refractivity contribution in [1.29, 1.82) is 0 Å². The summed E-state index contributed by atoms with van der Waals surface area (Å²) in [5, 5.41) is 2.80. The lowest BCUT2D eigenvalue weighted by Gasteiger charge is -2.37. The number of amides is 1. The highest BCUT2D eigenvalue weighted by Crippen LogP contribution is 2.14. The second-order valence-corrected chi connectivity index (χ2v) is 6.43. The van der Waals surface area contributed by atoms with E-state index in [1.54, 1.807) is 0 Å². The Labute approximate surface area is 129 Å². The van der Waals surface area contributed by atoms with Gasteiger partial charge in [-0.15, -0.1) is 22.9 Å². The Morgan fingerprint density at radius 2 is 2.15 bits per heavy atom. The number of hydrogen-bond acceptors (Lipinski definition) is 4. The molecule has 1 fully saturated rings. The van der Waals surface area contributed by atoms with E-state index in [0.717, 1.165) is 43.3 Å². The van der Waals surface area contributed by atoms with Gasteiger partial charge in [-0.1, -0.05) is 6.92 Å². The fourth-order valence-corrected chi connectivity index (χ4v) is 3.42. The van der Waals surface area contributed by atoms with Gasteiger partial charge in [0.25, 0.3) is 0 Å². The molecule has 1 aromatic rings. The highest BCUT2D eigenvalue weighted by atomic mass is 35.5. The van der Waals surface area contributed by atoms with Crippen molar-refractivity contribution in [2.45, 2.75) is 38.6 Å². The summed E-state index contributed by atoms with van der Waals surface area (Å²) in [6.45, 7) is 8.07. The molecule has 1 saturated heterocycles. The van der Waals surface area contributed by atoms with E-state index in [1.165, 1.54) is 11.3 Å². The Morgan fingerprint density at radius 3 is 2.70 bits per heavy atom. The first kappa shape index (κ1) is 15.7. The summed E-state index contributed by atoms with van der Waals surface area (Å²) in [4.78, 5) is 21.0. The molecular weight excluding hydrogens is 294 g/mol.